The lowest BCUT2D eigenvalue weighted by atomic mass is 9.84. The second-order valence-electron chi connectivity index (χ2n) is 7.56. The van der Waals surface area contributed by atoms with E-state index in [4.69, 9.17) is 4.52 Å². The minimum Gasteiger partial charge on any atom is -0.360 e. The normalized spacial score (nSPS) is 15.9. The van der Waals surface area contributed by atoms with Gasteiger partial charge in [0.15, 0.2) is 5.69 Å². The van der Waals surface area contributed by atoms with Gasteiger partial charge in [-0.1, -0.05) is 37.1 Å². The Morgan fingerprint density at radius 3 is 2.93 bits per heavy atom. The van der Waals surface area contributed by atoms with Crippen molar-refractivity contribution in [2.24, 2.45) is 5.92 Å². The highest BCUT2D eigenvalue weighted by molar-refractivity contribution is 7.98. The molecule has 0 bridgehead atoms. The van der Waals surface area contributed by atoms with Crippen LogP contribution in [0.5, 0.6) is 0 Å². The van der Waals surface area contributed by atoms with Gasteiger partial charge in [0.1, 0.15) is 5.76 Å². The second kappa shape index (κ2) is 8.86. The average Bonchev–Trinajstić information content (AvgIpc) is 3.35. The van der Waals surface area contributed by atoms with Crippen molar-refractivity contribution in [3.8, 4) is 0 Å². The van der Waals surface area contributed by atoms with Crippen molar-refractivity contribution in [1.29, 1.82) is 0 Å². The summed E-state index contributed by atoms with van der Waals surface area (Å²) in [5.41, 5.74) is 3.22. The second-order valence-corrected chi connectivity index (χ2v) is 8.44. The molecule has 0 fully saturated rings. The van der Waals surface area contributed by atoms with E-state index in [-0.39, 0.29) is 5.91 Å². The molecular formula is C22H26N4O2S. The van der Waals surface area contributed by atoms with E-state index in [1.807, 2.05) is 10.9 Å². The van der Waals surface area contributed by atoms with Gasteiger partial charge in [0.25, 0.3) is 5.91 Å². The summed E-state index contributed by atoms with van der Waals surface area (Å²) in [4.78, 5) is 14.0. The maximum atomic E-state index is 12.8. The molecule has 0 aliphatic heterocycles. The summed E-state index contributed by atoms with van der Waals surface area (Å²) in [6.45, 7) is 2.86. The molecule has 0 spiro atoms. The number of nitrogens with one attached hydrogen (secondary N) is 1. The minimum atomic E-state index is -0.226. The zero-order valence-corrected chi connectivity index (χ0v) is 17.7. The van der Waals surface area contributed by atoms with E-state index >= 15 is 0 Å². The van der Waals surface area contributed by atoms with Crippen LogP contribution in [0.3, 0.4) is 0 Å². The van der Waals surface area contributed by atoms with Gasteiger partial charge in [-0.2, -0.15) is 5.10 Å². The Kier molecular flexibility index (Phi) is 6.04. The zero-order valence-electron chi connectivity index (χ0n) is 16.9. The molecule has 4 rings (SSSR count). The molecule has 1 amide bonds. The molecule has 6 nitrogen and oxygen atoms in total. The quantitative estimate of drug-likeness (QED) is 0.567. The number of aryl methyl sites for hydroxylation is 1. The van der Waals surface area contributed by atoms with Gasteiger partial charge in [0.05, 0.1) is 18.4 Å². The summed E-state index contributed by atoms with van der Waals surface area (Å²) in [5.74, 6) is 1.25. The number of thioether (sulfide) groups is 1. The molecule has 2 heterocycles. The molecule has 2 aromatic heterocycles. The first-order valence-corrected chi connectivity index (χ1v) is 11.3. The molecule has 3 aromatic rings. The number of anilines is 1. The van der Waals surface area contributed by atoms with Gasteiger partial charge < -0.3 is 9.84 Å². The maximum absolute atomic E-state index is 12.8. The van der Waals surface area contributed by atoms with Gasteiger partial charge in [0.2, 0.25) is 0 Å². The van der Waals surface area contributed by atoms with Gasteiger partial charge in [-0.3, -0.25) is 9.48 Å². The summed E-state index contributed by atoms with van der Waals surface area (Å²) in [5, 5.41) is 11.3. The van der Waals surface area contributed by atoms with E-state index in [0.29, 0.717) is 23.8 Å². The van der Waals surface area contributed by atoms with Crippen LogP contribution < -0.4 is 5.32 Å². The minimum absolute atomic E-state index is 0.226. The molecule has 1 aliphatic carbocycles. The fraction of sp³-hybridized carbons (Fsp3) is 0.409. The Bertz CT molecular complexity index is 977. The van der Waals surface area contributed by atoms with Crippen LogP contribution in [0.2, 0.25) is 0 Å². The lowest BCUT2D eigenvalue weighted by molar-refractivity contribution is 0.101. The Balaban J connectivity index is 1.41. The number of benzene rings is 1. The molecule has 0 radical (unpaired) electrons. The van der Waals surface area contributed by atoms with Crippen molar-refractivity contribution in [3.63, 3.8) is 0 Å². The summed E-state index contributed by atoms with van der Waals surface area (Å²) in [6.07, 6.45) is 10.8. The van der Waals surface area contributed by atoms with E-state index < -0.39 is 0 Å². The molecule has 1 unspecified atom stereocenters. The standard InChI is InChI=1S/C22H26N4O2S/c1-3-4-15-7-10-20-19(11-15)21(25-28-20)22(27)24-17-12-23-26(14-17)13-16-5-8-18(29-2)9-6-16/h5-6,8-9,12,14-15H,3-4,7,10-11,13H2,1-2H3,(H,24,27). The molecule has 1 aromatic carbocycles. The van der Waals surface area contributed by atoms with Crippen LogP contribution in [-0.4, -0.2) is 27.1 Å². The SMILES string of the molecule is CCCC1CCc2onc(C(=O)Nc3cnn(Cc4ccc(SC)cc4)c3)c2C1. The number of carbonyl (C=O) groups is 1. The van der Waals surface area contributed by atoms with E-state index in [1.165, 1.54) is 11.3 Å². The first-order valence-electron chi connectivity index (χ1n) is 10.1. The van der Waals surface area contributed by atoms with Gasteiger partial charge in [-0.25, -0.2) is 0 Å². The van der Waals surface area contributed by atoms with Crippen molar-refractivity contribution >= 4 is 23.4 Å². The lowest BCUT2D eigenvalue weighted by Gasteiger charge is -2.20. The van der Waals surface area contributed by atoms with Crippen LogP contribution in [0.4, 0.5) is 5.69 Å². The summed E-state index contributed by atoms with van der Waals surface area (Å²) in [6, 6.07) is 8.40. The fourth-order valence-corrected chi connectivity index (χ4v) is 4.34. The van der Waals surface area contributed by atoms with Crippen molar-refractivity contribution in [2.45, 2.75) is 50.5 Å². The molecule has 1 atom stereocenters. The Morgan fingerprint density at radius 2 is 2.17 bits per heavy atom. The van der Waals surface area contributed by atoms with Crippen molar-refractivity contribution in [3.05, 3.63) is 59.2 Å². The first-order chi connectivity index (χ1) is 14.2. The van der Waals surface area contributed by atoms with Gasteiger partial charge >= 0.3 is 0 Å². The Morgan fingerprint density at radius 1 is 1.34 bits per heavy atom. The molecular weight excluding hydrogens is 384 g/mol. The summed E-state index contributed by atoms with van der Waals surface area (Å²) < 4.78 is 7.26. The van der Waals surface area contributed by atoms with E-state index in [1.54, 1.807) is 18.0 Å². The maximum Gasteiger partial charge on any atom is 0.278 e. The highest BCUT2D eigenvalue weighted by Crippen LogP contribution is 2.31. The van der Waals surface area contributed by atoms with Crippen LogP contribution >= 0.6 is 11.8 Å². The lowest BCUT2D eigenvalue weighted by Crippen LogP contribution is -2.18. The molecule has 0 saturated carbocycles. The van der Waals surface area contributed by atoms with E-state index in [0.717, 1.165) is 42.6 Å². The topological polar surface area (TPSA) is 73.0 Å². The number of nitrogens with zero attached hydrogens (tertiary/aromatic N) is 3. The van der Waals surface area contributed by atoms with Gasteiger partial charge in [0, 0.05) is 23.1 Å². The highest BCUT2D eigenvalue weighted by atomic mass is 32.2. The van der Waals surface area contributed by atoms with E-state index in [2.05, 4.69) is 53.0 Å². The number of rotatable bonds is 7. The van der Waals surface area contributed by atoms with Crippen molar-refractivity contribution < 1.29 is 9.32 Å². The summed E-state index contributed by atoms with van der Waals surface area (Å²) in [7, 11) is 0. The van der Waals surface area contributed by atoms with Gasteiger partial charge in [-0.15, -0.1) is 11.8 Å². The van der Waals surface area contributed by atoms with Crippen LogP contribution in [0.25, 0.3) is 0 Å². The smallest absolute Gasteiger partial charge is 0.278 e. The Labute approximate surface area is 175 Å². The number of aromatic nitrogens is 3. The van der Waals surface area contributed by atoms with Crippen LogP contribution in [0, 0.1) is 5.92 Å². The third-order valence-corrected chi connectivity index (χ3v) is 6.19. The summed E-state index contributed by atoms with van der Waals surface area (Å²) >= 11 is 1.72. The predicted octanol–water partition coefficient (Wildman–Crippen LogP) is 4.80. The van der Waals surface area contributed by atoms with Crippen LogP contribution in [-0.2, 0) is 19.4 Å². The molecule has 0 saturated heterocycles. The molecule has 1 aliphatic rings. The fourth-order valence-electron chi connectivity index (χ4n) is 3.93. The van der Waals surface area contributed by atoms with Crippen molar-refractivity contribution in [2.75, 3.05) is 11.6 Å². The third-order valence-electron chi connectivity index (χ3n) is 5.45. The van der Waals surface area contributed by atoms with Gasteiger partial charge in [-0.05, 0) is 42.7 Å². The Hall–Kier alpha value is -2.54. The largest absolute Gasteiger partial charge is 0.360 e. The van der Waals surface area contributed by atoms with Crippen LogP contribution in [0.15, 0.2) is 46.1 Å². The monoisotopic (exact) mass is 410 g/mol. The number of hydrogen-bond acceptors (Lipinski definition) is 5. The molecule has 152 valence electrons. The average molecular weight is 411 g/mol. The number of fused-ring (bicyclic) bond motifs is 1. The highest BCUT2D eigenvalue weighted by Gasteiger charge is 2.28. The molecule has 7 heteroatoms. The predicted molar refractivity (Wildman–Crippen MR) is 114 cm³/mol. The van der Waals surface area contributed by atoms with Crippen molar-refractivity contribution in [1.82, 2.24) is 14.9 Å². The zero-order chi connectivity index (χ0) is 20.2. The molecule has 29 heavy (non-hydrogen) atoms. The first kappa shape index (κ1) is 19.8. The number of amides is 1. The van der Waals surface area contributed by atoms with E-state index in [9.17, 15) is 4.79 Å². The number of carbonyl (C=O) groups excluding carboxylic acids is 1. The third kappa shape index (κ3) is 4.56. The molecule has 1 N–H and O–H groups in total. The van der Waals surface area contributed by atoms with Crippen LogP contribution in [0.1, 0.15) is 53.6 Å². The number of hydrogen-bond donors (Lipinski definition) is 1.